The van der Waals surface area contributed by atoms with E-state index in [-0.39, 0.29) is 0 Å². The van der Waals surface area contributed by atoms with Crippen molar-refractivity contribution in [2.45, 2.75) is 25.8 Å². The summed E-state index contributed by atoms with van der Waals surface area (Å²) in [6, 6.07) is 6.86. The first-order valence-corrected chi connectivity index (χ1v) is 5.28. The predicted octanol–water partition coefficient (Wildman–Crippen LogP) is 2.48. The van der Waals surface area contributed by atoms with Crippen LogP contribution in [0.1, 0.15) is 12.5 Å². The van der Waals surface area contributed by atoms with Crippen LogP contribution in [0.2, 0.25) is 0 Å². The Morgan fingerprint density at radius 2 is 2.12 bits per heavy atom. The van der Waals surface area contributed by atoms with Crippen LogP contribution in [0.25, 0.3) is 0 Å². The lowest BCUT2D eigenvalue weighted by Gasteiger charge is -2.12. The molecule has 4 heteroatoms. The van der Waals surface area contributed by atoms with Crippen molar-refractivity contribution in [2.75, 3.05) is 13.7 Å². The Morgan fingerprint density at radius 1 is 1.38 bits per heavy atom. The van der Waals surface area contributed by atoms with Crippen molar-refractivity contribution >= 4 is 0 Å². The molecule has 1 aromatic rings. The van der Waals surface area contributed by atoms with E-state index >= 15 is 0 Å². The molecule has 1 atom stereocenters. The first kappa shape index (κ1) is 12.9. The number of hydrogen-bond acceptors (Lipinski definition) is 2. The van der Waals surface area contributed by atoms with E-state index in [1.54, 1.807) is 7.11 Å². The van der Waals surface area contributed by atoms with Gasteiger partial charge in [0.1, 0.15) is 5.75 Å². The largest absolute Gasteiger partial charge is 0.497 e. The summed E-state index contributed by atoms with van der Waals surface area (Å²) in [4.78, 5) is 0. The number of methoxy groups -OCH3 is 1. The van der Waals surface area contributed by atoms with Gasteiger partial charge in [0.05, 0.1) is 13.2 Å². The molecular formula is C12H17F2NO. The lowest BCUT2D eigenvalue weighted by atomic mass is 10.1. The monoisotopic (exact) mass is 229 g/mol. The maximum absolute atomic E-state index is 12.2. The van der Waals surface area contributed by atoms with Crippen LogP contribution in [-0.2, 0) is 6.42 Å². The third-order valence-corrected chi connectivity index (χ3v) is 2.39. The quantitative estimate of drug-likeness (QED) is 0.809. The van der Waals surface area contributed by atoms with E-state index in [1.807, 2.05) is 24.3 Å². The second kappa shape index (κ2) is 6.43. The van der Waals surface area contributed by atoms with Crippen LogP contribution >= 0.6 is 0 Å². The van der Waals surface area contributed by atoms with Crippen LogP contribution in [-0.4, -0.2) is 26.1 Å². The van der Waals surface area contributed by atoms with E-state index in [0.717, 1.165) is 11.3 Å². The second-order valence-corrected chi connectivity index (χ2v) is 3.68. The van der Waals surface area contributed by atoms with Crippen molar-refractivity contribution in [3.63, 3.8) is 0 Å². The standard InChI is InChI=1S/C12H17F2NO/c1-9(12(13)14)15-7-6-10-4-3-5-11(8-10)16-2/h3-5,8-9,12,15H,6-7H2,1-2H3. The first-order chi connectivity index (χ1) is 7.63. The zero-order valence-electron chi connectivity index (χ0n) is 9.54. The Kier molecular flexibility index (Phi) is 5.19. The van der Waals surface area contributed by atoms with Gasteiger partial charge in [-0.25, -0.2) is 8.78 Å². The maximum atomic E-state index is 12.2. The number of halogens is 2. The van der Waals surface area contributed by atoms with Crippen molar-refractivity contribution in [2.24, 2.45) is 0 Å². The fourth-order valence-electron chi connectivity index (χ4n) is 1.36. The van der Waals surface area contributed by atoms with E-state index in [4.69, 9.17) is 4.74 Å². The molecule has 0 amide bonds. The van der Waals surface area contributed by atoms with Crippen molar-refractivity contribution < 1.29 is 13.5 Å². The molecule has 2 nitrogen and oxygen atoms in total. The normalized spacial score (nSPS) is 12.8. The molecular weight excluding hydrogens is 212 g/mol. The molecule has 16 heavy (non-hydrogen) atoms. The van der Waals surface area contributed by atoms with Crippen molar-refractivity contribution in [1.29, 1.82) is 0 Å². The van der Waals surface area contributed by atoms with Crippen LogP contribution in [0.5, 0.6) is 5.75 Å². The average molecular weight is 229 g/mol. The molecule has 1 rings (SSSR count). The Labute approximate surface area is 94.6 Å². The SMILES string of the molecule is COc1cccc(CCNC(C)C(F)F)c1. The minimum Gasteiger partial charge on any atom is -0.497 e. The number of benzene rings is 1. The van der Waals surface area contributed by atoms with Gasteiger partial charge in [0, 0.05) is 0 Å². The molecule has 0 aromatic heterocycles. The van der Waals surface area contributed by atoms with E-state index < -0.39 is 12.5 Å². The van der Waals surface area contributed by atoms with E-state index in [2.05, 4.69) is 5.32 Å². The fourth-order valence-corrected chi connectivity index (χ4v) is 1.36. The van der Waals surface area contributed by atoms with E-state index in [1.165, 1.54) is 6.92 Å². The summed E-state index contributed by atoms with van der Waals surface area (Å²) in [5, 5.41) is 2.78. The highest BCUT2D eigenvalue weighted by Crippen LogP contribution is 2.12. The third-order valence-electron chi connectivity index (χ3n) is 2.39. The summed E-state index contributed by atoms with van der Waals surface area (Å²) in [5.74, 6) is 0.791. The van der Waals surface area contributed by atoms with Gasteiger partial charge in [-0.1, -0.05) is 12.1 Å². The van der Waals surface area contributed by atoms with Gasteiger partial charge in [0.15, 0.2) is 0 Å². The lowest BCUT2D eigenvalue weighted by molar-refractivity contribution is 0.106. The number of ether oxygens (including phenoxy) is 1. The predicted molar refractivity (Wildman–Crippen MR) is 60.2 cm³/mol. The number of hydrogen-bond donors (Lipinski definition) is 1. The van der Waals surface area contributed by atoms with Gasteiger partial charge in [-0.05, 0) is 37.6 Å². The molecule has 0 bridgehead atoms. The van der Waals surface area contributed by atoms with Gasteiger partial charge >= 0.3 is 0 Å². The Balaban J connectivity index is 2.37. The minimum atomic E-state index is -2.31. The zero-order valence-corrected chi connectivity index (χ0v) is 9.54. The van der Waals surface area contributed by atoms with Gasteiger partial charge in [-0.2, -0.15) is 0 Å². The highest BCUT2D eigenvalue weighted by Gasteiger charge is 2.12. The molecule has 90 valence electrons. The number of nitrogens with one attached hydrogen (secondary N) is 1. The summed E-state index contributed by atoms with van der Waals surface area (Å²) < 4.78 is 29.5. The molecule has 0 radical (unpaired) electrons. The summed E-state index contributed by atoms with van der Waals surface area (Å²) in [6.07, 6.45) is -1.60. The summed E-state index contributed by atoms with van der Waals surface area (Å²) in [7, 11) is 1.61. The topological polar surface area (TPSA) is 21.3 Å². The zero-order chi connectivity index (χ0) is 12.0. The Bertz CT molecular complexity index is 318. The van der Waals surface area contributed by atoms with Gasteiger partial charge in [0.2, 0.25) is 0 Å². The van der Waals surface area contributed by atoms with E-state index in [9.17, 15) is 8.78 Å². The van der Waals surface area contributed by atoms with Crippen molar-refractivity contribution in [3.8, 4) is 5.75 Å². The first-order valence-electron chi connectivity index (χ1n) is 5.28. The smallest absolute Gasteiger partial charge is 0.253 e. The van der Waals surface area contributed by atoms with Crippen molar-refractivity contribution in [3.05, 3.63) is 29.8 Å². The second-order valence-electron chi connectivity index (χ2n) is 3.68. The fraction of sp³-hybridized carbons (Fsp3) is 0.500. The highest BCUT2D eigenvalue weighted by atomic mass is 19.3. The molecule has 0 fully saturated rings. The van der Waals surface area contributed by atoms with Gasteiger partial charge < -0.3 is 10.1 Å². The molecule has 1 unspecified atom stereocenters. The lowest BCUT2D eigenvalue weighted by Crippen LogP contribution is -2.33. The molecule has 0 aliphatic rings. The van der Waals surface area contributed by atoms with Gasteiger partial charge in [0.25, 0.3) is 6.43 Å². The summed E-state index contributed by atoms with van der Waals surface area (Å²) in [5.41, 5.74) is 1.08. The van der Waals surface area contributed by atoms with Crippen LogP contribution < -0.4 is 10.1 Å². The Hall–Kier alpha value is -1.16. The molecule has 1 aromatic carbocycles. The third kappa shape index (κ3) is 4.14. The molecule has 0 aliphatic carbocycles. The summed E-state index contributed by atoms with van der Waals surface area (Å²) >= 11 is 0. The molecule has 1 N–H and O–H groups in total. The number of alkyl halides is 2. The van der Waals surface area contributed by atoms with Crippen LogP contribution in [0.4, 0.5) is 8.78 Å². The maximum Gasteiger partial charge on any atom is 0.253 e. The molecule has 0 spiro atoms. The highest BCUT2D eigenvalue weighted by molar-refractivity contribution is 5.28. The van der Waals surface area contributed by atoms with Crippen LogP contribution in [0.3, 0.4) is 0 Å². The van der Waals surface area contributed by atoms with E-state index in [0.29, 0.717) is 13.0 Å². The Morgan fingerprint density at radius 3 is 2.75 bits per heavy atom. The minimum absolute atomic E-state index is 0.540. The van der Waals surface area contributed by atoms with Gasteiger partial charge in [-0.15, -0.1) is 0 Å². The van der Waals surface area contributed by atoms with Crippen LogP contribution in [0, 0.1) is 0 Å². The average Bonchev–Trinajstić information content (AvgIpc) is 2.29. The number of rotatable bonds is 6. The van der Waals surface area contributed by atoms with Gasteiger partial charge in [-0.3, -0.25) is 0 Å². The molecule has 0 saturated heterocycles. The van der Waals surface area contributed by atoms with Crippen LogP contribution in [0.15, 0.2) is 24.3 Å². The molecule has 0 heterocycles. The molecule has 0 aliphatic heterocycles. The van der Waals surface area contributed by atoms with Crippen molar-refractivity contribution in [1.82, 2.24) is 5.32 Å². The summed E-state index contributed by atoms with van der Waals surface area (Å²) in [6.45, 7) is 2.02. The molecule has 0 saturated carbocycles.